The zero-order valence-corrected chi connectivity index (χ0v) is 7.06. The third kappa shape index (κ3) is 2.67. The van der Waals surface area contributed by atoms with Crippen LogP contribution in [0.15, 0.2) is 12.1 Å². The fourth-order valence-electron chi connectivity index (χ4n) is 0.821. The average Bonchev–Trinajstić information content (AvgIpc) is 2.31. The SMILES string of the molecule is Cc1ccc(CC[N+](=O)[O-])s1. The molecule has 0 atom stereocenters. The number of rotatable bonds is 3. The highest BCUT2D eigenvalue weighted by molar-refractivity contribution is 7.11. The highest BCUT2D eigenvalue weighted by atomic mass is 32.1. The van der Waals surface area contributed by atoms with Gasteiger partial charge in [-0.25, -0.2) is 0 Å². The van der Waals surface area contributed by atoms with Crippen LogP contribution in [0, 0.1) is 17.0 Å². The van der Waals surface area contributed by atoms with E-state index in [1.807, 2.05) is 19.1 Å². The maximum Gasteiger partial charge on any atom is 0.208 e. The minimum Gasteiger partial charge on any atom is -0.265 e. The smallest absolute Gasteiger partial charge is 0.208 e. The lowest BCUT2D eigenvalue weighted by molar-refractivity contribution is -0.479. The molecule has 0 aromatic carbocycles. The Balaban J connectivity index is 2.45. The number of hydrogen-bond acceptors (Lipinski definition) is 3. The molecule has 0 saturated heterocycles. The van der Waals surface area contributed by atoms with Crippen LogP contribution < -0.4 is 0 Å². The summed E-state index contributed by atoms with van der Waals surface area (Å²) < 4.78 is 0. The van der Waals surface area contributed by atoms with Gasteiger partial charge in [-0.3, -0.25) is 10.1 Å². The second-order valence-electron chi connectivity index (χ2n) is 2.32. The standard InChI is InChI=1S/C7H9NO2S/c1-6-2-3-7(11-6)4-5-8(9)10/h2-3H,4-5H2,1H3. The molecule has 0 amide bonds. The molecule has 1 aromatic rings. The number of thiophene rings is 1. The van der Waals surface area contributed by atoms with E-state index in [4.69, 9.17) is 0 Å². The van der Waals surface area contributed by atoms with Crippen molar-refractivity contribution >= 4 is 11.3 Å². The van der Waals surface area contributed by atoms with Crippen LogP contribution >= 0.6 is 11.3 Å². The quantitative estimate of drug-likeness (QED) is 0.514. The van der Waals surface area contributed by atoms with Gasteiger partial charge in [0.25, 0.3) is 0 Å². The van der Waals surface area contributed by atoms with E-state index < -0.39 is 0 Å². The lowest BCUT2D eigenvalue weighted by atomic mass is 10.3. The molecule has 0 fully saturated rings. The predicted molar refractivity (Wildman–Crippen MR) is 44.6 cm³/mol. The normalized spacial score (nSPS) is 9.91. The first kappa shape index (κ1) is 8.20. The summed E-state index contributed by atoms with van der Waals surface area (Å²) in [5.74, 6) is 0. The third-order valence-corrected chi connectivity index (χ3v) is 2.40. The van der Waals surface area contributed by atoms with Crippen molar-refractivity contribution in [2.75, 3.05) is 6.54 Å². The maximum absolute atomic E-state index is 9.99. The second-order valence-corrected chi connectivity index (χ2v) is 3.69. The number of aryl methyl sites for hydroxylation is 1. The number of nitrogens with zero attached hydrogens (tertiary/aromatic N) is 1. The van der Waals surface area contributed by atoms with E-state index >= 15 is 0 Å². The minimum atomic E-state index is -0.283. The highest BCUT2D eigenvalue weighted by Crippen LogP contribution is 2.15. The molecule has 0 saturated carbocycles. The van der Waals surface area contributed by atoms with Crippen LogP contribution in [-0.4, -0.2) is 11.5 Å². The molecule has 0 aliphatic rings. The van der Waals surface area contributed by atoms with Gasteiger partial charge >= 0.3 is 0 Å². The zero-order valence-electron chi connectivity index (χ0n) is 6.24. The molecule has 0 radical (unpaired) electrons. The van der Waals surface area contributed by atoms with Gasteiger partial charge in [0, 0.05) is 21.1 Å². The van der Waals surface area contributed by atoms with Crippen molar-refractivity contribution in [2.24, 2.45) is 0 Å². The summed E-state index contributed by atoms with van der Waals surface area (Å²) >= 11 is 1.63. The van der Waals surface area contributed by atoms with Gasteiger partial charge in [-0.1, -0.05) is 0 Å². The molecular weight excluding hydrogens is 162 g/mol. The lowest BCUT2D eigenvalue weighted by Gasteiger charge is -1.88. The Morgan fingerprint density at radius 3 is 2.82 bits per heavy atom. The van der Waals surface area contributed by atoms with Crippen LogP contribution in [0.5, 0.6) is 0 Å². The average molecular weight is 171 g/mol. The maximum atomic E-state index is 9.99. The van der Waals surface area contributed by atoms with Gasteiger partial charge in [-0.2, -0.15) is 0 Å². The summed E-state index contributed by atoms with van der Waals surface area (Å²) in [6, 6.07) is 3.93. The topological polar surface area (TPSA) is 43.1 Å². The van der Waals surface area contributed by atoms with Crippen molar-refractivity contribution in [1.29, 1.82) is 0 Å². The molecule has 0 aliphatic heterocycles. The zero-order chi connectivity index (χ0) is 8.27. The van der Waals surface area contributed by atoms with Crippen LogP contribution in [-0.2, 0) is 6.42 Å². The van der Waals surface area contributed by atoms with Gasteiger partial charge in [-0.05, 0) is 19.1 Å². The van der Waals surface area contributed by atoms with Gasteiger partial charge < -0.3 is 0 Å². The van der Waals surface area contributed by atoms with E-state index in [-0.39, 0.29) is 11.5 Å². The molecule has 0 N–H and O–H groups in total. The largest absolute Gasteiger partial charge is 0.265 e. The Morgan fingerprint density at radius 1 is 1.64 bits per heavy atom. The molecule has 1 aromatic heterocycles. The summed E-state index contributed by atoms with van der Waals surface area (Å²) in [7, 11) is 0. The Hall–Kier alpha value is -0.900. The molecule has 3 nitrogen and oxygen atoms in total. The van der Waals surface area contributed by atoms with E-state index in [0.717, 1.165) is 4.88 Å². The Morgan fingerprint density at radius 2 is 2.36 bits per heavy atom. The van der Waals surface area contributed by atoms with E-state index in [2.05, 4.69) is 0 Å². The van der Waals surface area contributed by atoms with Crippen molar-refractivity contribution < 1.29 is 4.92 Å². The van der Waals surface area contributed by atoms with Crippen LogP contribution in [0.3, 0.4) is 0 Å². The van der Waals surface area contributed by atoms with Gasteiger partial charge in [-0.15, -0.1) is 11.3 Å². The third-order valence-electron chi connectivity index (χ3n) is 1.34. The summed E-state index contributed by atoms with van der Waals surface area (Å²) in [4.78, 5) is 12.0. The van der Waals surface area contributed by atoms with Gasteiger partial charge in [0.1, 0.15) is 0 Å². The van der Waals surface area contributed by atoms with Crippen molar-refractivity contribution in [2.45, 2.75) is 13.3 Å². The Bertz CT molecular complexity index is 257. The first-order valence-electron chi connectivity index (χ1n) is 3.35. The van der Waals surface area contributed by atoms with Crippen molar-refractivity contribution in [3.8, 4) is 0 Å². The Kier molecular flexibility index (Phi) is 2.59. The molecule has 0 bridgehead atoms. The highest BCUT2D eigenvalue weighted by Gasteiger charge is 2.00. The fourth-order valence-corrected chi connectivity index (χ4v) is 1.70. The summed E-state index contributed by atoms with van der Waals surface area (Å²) in [5.41, 5.74) is 0. The molecular formula is C7H9NO2S. The minimum absolute atomic E-state index is 0.0416. The molecule has 4 heteroatoms. The van der Waals surface area contributed by atoms with Gasteiger partial charge in [0.05, 0.1) is 0 Å². The molecule has 60 valence electrons. The van der Waals surface area contributed by atoms with E-state index in [0.29, 0.717) is 6.42 Å². The molecule has 11 heavy (non-hydrogen) atoms. The lowest BCUT2D eigenvalue weighted by Crippen LogP contribution is -2.02. The molecule has 0 spiro atoms. The summed E-state index contributed by atoms with van der Waals surface area (Å²) in [6.07, 6.45) is 0.561. The molecule has 1 rings (SSSR count). The van der Waals surface area contributed by atoms with E-state index in [1.54, 1.807) is 11.3 Å². The molecule has 1 heterocycles. The van der Waals surface area contributed by atoms with Crippen molar-refractivity contribution in [3.63, 3.8) is 0 Å². The first-order valence-corrected chi connectivity index (χ1v) is 4.17. The van der Waals surface area contributed by atoms with E-state index in [1.165, 1.54) is 4.88 Å². The summed E-state index contributed by atoms with van der Waals surface area (Å²) in [6.45, 7) is 2.04. The van der Waals surface area contributed by atoms with E-state index in [9.17, 15) is 10.1 Å². The molecule has 0 unspecified atom stereocenters. The van der Waals surface area contributed by atoms with Crippen LogP contribution in [0.1, 0.15) is 9.75 Å². The van der Waals surface area contributed by atoms with Crippen LogP contribution in [0.2, 0.25) is 0 Å². The number of hydrogen-bond donors (Lipinski definition) is 0. The number of nitro groups is 1. The van der Waals surface area contributed by atoms with Crippen LogP contribution in [0.25, 0.3) is 0 Å². The van der Waals surface area contributed by atoms with Gasteiger partial charge in [0.2, 0.25) is 6.54 Å². The second kappa shape index (κ2) is 3.48. The first-order chi connectivity index (χ1) is 5.18. The monoisotopic (exact) mass is 171 g/mol. The van der Waals surface area contributed by atoms with Crippen molar-refractivity contribution in [1.82, 2.24) is 0 Å². The van der Waals surface area contributed by atoms with Crippen LogP contribution in [0.4, 0.5) is 0 Å². The molecule has 0 aliphatic carbocycles. The van der Waals surface area contributed by atoms with Crippen molar-refractivity contribution in [3.05, 3.63) is 32.0 Å². The fraction of sp³-hybridized carbons (Fsp3) is 0.429. The van der Waals surface area contributed by atoms with Gasteiger partial charge in [0.15, 0.2) is 0 Å². The predicted octanol–water partition coefficient (Wildman–Crippen LogP) is 1.88. The summed E-state index contributed by atoms with van der Waals surface area (Å²) in [5, 5.41) is 9.99. The Labute approximate surface area is 68.8 Å².